The molecule has 1 aliphatic heterocycles. The summed E-state index contributed by atoms with van der Waals surface area (Å²) in [5, 5.41) is 3.17. The lowest BCUT2D eigenvalue weighted by atomic mass is 10.4. The van der Waals surface area contributed by atoms with Crippen LogP contribution in [0.15, 0.2) is 6.07 Å². The van der Waals surface area contributed by atoms with Crippen molar-refractivity contribution < 1.29 is 14.3 Å². The van der Waals surface area contributed by atoms with Crippen molar-refractivity contribution in [3.63, 3.8) is 0 Å². The molecule has 0 unspecified atom stereocenters. The first kappa shape index (κ1) is 13.8. The Hall–Kier alpha value is -1.60. The second-order valence-electron chi connectivity index (χ2n) is 3.91. The third-order valence-electron chi connectivity index (χ3n) is 2.62. The van der Waals surface area contributed by atoms with E-state index >= 15 is 0 Å². The van der Waals surface area contributed by atoms with Gasteiger partial charge in [0.1, 0.15) is 17.5 Å². The molecule has 2 rings (SSSR count). The molecule has 0 aliphatic carbocycles. The normalized spacial score (nSPS) is 15.2. The van der Waals surface area contributed by atoms with Gasteiger partial charge in [0, 0.05) is 19.2 Å². The van der Waals surface area contributed by atoms with Gasteiger partial charge in [-0.15, -0.1) is 0 Å². The number of anilines is 2. The Morgan fingerprint density at radius 3 is 2.95 bits per heavy atom. The molecule has 2 heterocycles. The molecule has 0 spiro atoms. The highest BCUT2D eigenvalue weighted by molar-refractivity contribution is 6.29. The number of nitrogens with one attached hydrogen (secondary N) is 1. The second-order valence-corrected chi connectivity index (χ2v) is 4.29. The SMILES string of the molecule is COC(=O)CNc1cc(Cl)nc(N2CCOCC2)n1. The summed E-state index contributed by atoms with van der Waals surface area (Å²) >= 11 is 5.95. The van der Waals surface area contributed by atoms with Crippen LogP contribution in [-0.2, 0) is 14.3 Å². The molecule has 0 bridgehead atoms. The summed E-state index contributed by atoms with van der Waals surface area (Å²) < 4.78 is 9.81. The van der Waals surface area contributed by atoms with Crippen molar-refractivity contribution in [1.29, 1.82) is 0 Å². The molecule has 1 saturated heterocycles. The molecule has 19 heavy (non-hydrogen) atoms. The Morgan fingerprint density at radius 1 is 1.53 bits per heavy atom. The largest absolute Gasteiger partial charge is 0.468 e. The number of esters is 1. The fourth-order valence-corrected chi connectivity index (χ4v) is 1.81. The van der Waals surface area contributed by atoms with Crippen LogP contribution in [0.1, 0.15) is 0 Å². The zero-order chi connectivity index (χ0) is 13.7. The van der Waals surface area contributed by atoms with E-state index < -0.39 is 0 Å². The Morgan fingerprint density at radius 2 is 2.26 bits per heavy atom. The molecule has 7 nitrogen and oxygen atoms in total. The van der Waals surface area contributed by atoms with Gasteiger partial charge in [-0.05, 0) is 0 Å². The zero-order valence-electron chi connectivity index (χ0n) is 10.6. The number of morpholine rings is 1. The number of carbonyl (C=O) groups is 1. The van der Waals surface area contributed by atoms with Crippen LogP contribution in [-0.4, -0.2) is 55.9 Å². The van der Waals surface area contributed by atoms with E-state index in [1.165, 1.54) is 7.11 Å². The van der Waals surface area contributed by atoms with E-state index in [2.05, 4.69) is 20.0 Å². The first-order chi connectivity index (χ1) is 9.19. The van der Waals surface area contributed by atoms with E-state index in [-0.39, 0.29) is 12.5 Å². The highest BCUT2D eigenvalue weighted by Gasteiger charge is 2.15. The topological polar surface area (TPSA) is 76.6 Å². The Labute approximate surface area is 115 Å². The number of carbonyl (C=O) groups excluding carboxylic acids is 1. The lowest BCUT2D eigenvalue weighted by Crippen LogP contribution is -2.37. The van der Waals surface area contributed by atoms with Gasteiger partial charge in [-0.2, -0.15) is 4.98 Å². The maximum absolute atomic E-state index is 11.1. The van der Waals surface area contributed by atoms with Crippen molar-refractivity contribution in [2.75, 3.05) is 50.2 Å². The van der Waals surface area contributed by atoms with E-state index in [4.69, 9.17) is 16.3 Å². The molecule has 1 aromatic rings. The Bertz CT molecular complexity index is 452. The number of nitrogens with zero attached hydrogens (tertiary/aromatic N) is 3. The van der Waals surface area contributed by atoms with Crippen LogP contribution in [0.25, 0.3) is 0 Å². The quantitative estimate of drug-likeness (QED) is 0.640. The average Bonchev–Trinajstić information content (AvgIpc) is 2.45. The van der Waals surface area contributed by atoms with Crippen molar-refractivity contribution >= 4 is 29.3 Å². The fourth-order valence-electron chi connectivity index (χ4n) is 1.64. The van der Waals surface area contributed by atoms with Crippen LogP contribution >= 0.6 is 11.6 Å². The minimum absolute atomic E-state index is 0.0341. The minimum atomic E-state index is -0.373. The number of rotatable bonds is 4. The highest BCUT2D eigenvalue weighted by Crippen LogP contribution is 2.18. The first-order valence-corrected chi connectivity index (χ1v) is 6.25. The van der Waals surface area contributed by atoms with Crippen molar-refractivity contribution in [2.45, 2.75) is 0 Å². The molecule has 0 saturated carbocycles. The third kappa shape index (κ3) is 3.93. The highest BCUT2D eigenvalue weighted by atomic mass is 35.5. The fraction of sp³-hybridized carbons (Fsp3) is 0.545. The monoisotopic (exact) mass is 286 g/mol. The Kier molecular flexibility index (Phi) is 4.75. The second kappa shape index (κ2) is 6.53. The average molecular weight is 287 g/mol. The van der Waals surface area contributed by atoms with Crippen molar-refractivity contribution in [1.82, 2.24) is 9.97 Å². The molecule has 1 N–H and O–H groups in total. The van der Waals surface area contributed by atoms with Crippen LogP contribution in [0.4, 0.5) is 11.8 Å². The first-order valence-electron chi connectivity index (χ1n) is 5.87. The lowest BCUT2D eigenvalue weighted by molar-refractivity contribution is -0.138. The van der Waals surface area contributed by atoms with E-state index in [0.717, 1.165) is 13.1 Å². The predicted molar refractivity (Wildman–Crippen MR) is 70.6 cm³/mol. The Balaban J connectivity index is 2.07. The molecule has 1 aliphatic rings. The van der Waals surface area contributed by atoms with Crippen LogP contribution in [0.2, 0.25) is 5.15 Å². The van der Waals surface area contributed by atoms with E-state index in [0.29, 0.717) is 30.1 Å². The smallest absolute Gasteiger partial charge is 0.325 e. The number of methoxy groups -OCH3 is 1. The summed E-state index contributed by atoms with van der Waals surface area (Å²) in [5.74, 6) is 0.651. The van der Waals surface area contributed by atoms with Gasteiger partial charge < -0.3 is 19.7 Å². The van der Waals surface area contributed by atoms with Gasteiger partial charge in [-0.1, -0.05) is 11.6 Å². The number of ether oxygens (including phenoxy) is 2. The summed E-state index contributed by atoms with van der Waals surface area (Å²) in [7, 11) is 1.33. The predicted octanol–water partition coefficient (Wildman–Crippen LogP) is 0.551. The number of hydrogen-bond donors (Lipinski definition) is 1. The van der Waals surface area contributed by atoms with Crippen molar-refractivity contribution in [3.8, 4) is 0 Å². The molecule has 0 atom stereocenters. The molecule has 104 valence electrons. The maximum atomic E-state index is 11.1. The van der Waals surface area contributed by atoms with Gasteiger partial charge in [-0.3, -0.25) is 4.79 Å². The van der Waals surface area contributed by atoms with Gasteiger partial charge in [0.05, 0.1) is 20.3 Å². The number of hydrogen-bond acceptors (Lipinski definition) is 7. The molecular formula is C11H15ClN4O3. The van der Waals surface area contributed by atoms with Gasteiger partial charge in [0.15, 0.2) is 0 Å². The summed E-state index contributed by atoms with van der Waals surface area (Å²) in [6.07, 6.45) is 0. The van der Waals surface area contributed by atoms with Crippen molar-refractivity contribution in [3.05, 3.63) is 11.2 Å². The molecule has 0 radical (unpaired) electrons. The minimum Gasteiger partial charge on any atom is -0.468 e. The molecular weight excluding hydrogens is 272 g/mol. The summed E-state index contributed by atoms with van der Waals surface area (Å²) in [4.78, 5) is 21.5. The van der Waals surface area contributed by atoms with Crippen LogP contribution < -0.4 is 10.2 Å². The van der Waals surface area contributed by atoms with Crippen LogP contribution in [0.3, 0.4) is 0 Å². The lowest BCUT2D eigenvalue weighted by Gasteiger charge is -2.27. The molecule has 1 fully saturated rings. The van der Waals surface area contributed by atoms with E-state index in [1.807, 2.05) is 4.90 Å². The van der Waals surface area contributed by atoms with Gasteiger partial charge >= 0.3 is 5.97 Å². The molecule has 8 heteroatoms. The zero-order valence-corrected chi connectivity index (χ0v) is 11.3. The van der Waals surface area contributed by atoms with Crippen LogP contribution in [0.5, 0.6) is 0 Å². The van der Waals surface area contributed by atoms with E-state index in [9.17, 15) is 4.79 Å². The molecule has 0 aromatic carbocycles. The number of halogens is 1. The summed E-state index contributed by atoms with van der Waals surface area (Å²) in [5.41, 5.74) is 0. The van der Waals surface area contributed by atoms with Crippen molar-refractivity contribution in [2.24, 2.45) is 0 Å². The summed E-state index contributed by atoms with van der Waals surface area (Å²) in [6.45, 7) is 2.75. The maximum Gasteiger partial charge on any atom is 0.325 e. The summed E-state index contributed by atoms with van der Waals surface area (Å²) in [6, 6.07) is 1.56. The number of aromatic nitrogens is 2. The van der Waals surface area contributed by atoms with Gasteiger partial charge in [0.2, 0.25) is 5.95 Å². The molecule has 1 aromatic heterocycles. The van der Waals surface area contributed by atoms with E-state index in [1.54, 1.807) is 6.07 Å². The van der Waals surface area contributed by atoms with Crippen LogP contribution in [0, 0.1) is 0 Å². The standard InChI is InChI=1S/C11H15ClN4O3/c1-18-10(17)7-13-9-6-8(12)14-11(15-9)16-2-4-19-5-3-16/h6H,2-5,7H2,1H3,(H,13,14,15). The van der Waals surface area contributed by atoms with Gasteiger partial charge in [-0.25, -0.2) is 4.98 Å². The van der Waals surface area contributed by atoms with Gasteiger partial charge in [0.25, 0.3) is 0 Å². The molecule has 0 amide bonds. The third-order valence-corrected chi connectivity index (χ3v) is 2.81.